The number of rotatable bonds is 8. The number of nitrogens with one attached hydrogen (secondary N) is 1. The normalized spacial score (nSPS) is 19.3. The minimum Gasteiger partial charge on any atom is -0.479 e. The van der Waals surface area contributed by atoms with Gasteiger partial charge < -0.3 is 24.8 Å². The highest BCUT2D eigenvalue weighted by Gasteiger charge is 2.48. The number of nitrogens with zero attached hydrogens (tertiary/aromatic N) is 1. The average Bonchev–Trinajstić information content (AvgIpc) is 3.16. The van der Waals surface area contributed by atoms with Crippen LogP contribution in [0.3, 0.4) is 0 Å². The SMILES string of the molecule is COCC1(C(=O)O)CCCCN1C(=O)CCNC(=O)OCC1c2ccccc2-c2ccccc21. The number of methoxy groups -OCH3 is 1. The van der Waals surface area contributed by atoms with Gasteiger partial charge in [0, 0.05) is 32.5 Å². The molecule has 1 aliphatic heterocycles. The molecule has 1 unspecified atom stereocenters. The third kappa shape index (κ3) is 4.50. The molecule has 1 atom stereocenters. The molecule has 2 aliphatic rings. The van der Waals surface area contributed by atoms with Gasteiger partial charge in [-0.1, -0.05) is 48.5 Å². The first kappa shape index (κ1) is 23.8. The van der Waals surface area contributed by atoms with E-state index in [1.807, 2.05) is 36.4 Å². The highest BCUT2D eigenvalue weighted by Crippen LogP contribution is 2.44. The number of carboxylic acid groups (broad SMARTS) is 1. The molecule has 8 nitrogen and oxygen atoms in total. The summed E-state index contributed by atoms with van der Waals surface area (Å²) in [6.45, 7) is 0.553. The first-order valence-electron chi connectivity index (χ1n) is 11.6. The molecule has 4 rings (SSSR count). The maximum atomic E-state index is 12.8. The van der Waals surface area contributed by atoms with E-state index in [0.717, 1.165) is 35.1 Å². The number of likely N-dealkylation sites (tertiary alicyclic amines) is 1. The molecule has 180 valence electrons. The maximum absolute atomic E-state index is 12.8. The Morgan fingerprint density at radius 1 is 1.06 bits per heavy atom. The van der Waals surface area contributed by atoms with Crippen molar-refractivity contribution < 1.29 is 29.0 Å². The van der Waals surface area contributed by atoms with E-state index in [9.17, 15) is 19.5 Å². The van der Waals surface area contributed by atoms with Gasteiger partial charge in [-0.2, -0.15) is 0 Å². The molecule has 1 fully saturated rings. The fourth-order valence-corrected chi connectivity index (χ4v) is 5.13. The summed E-state index contributed by atoms with van der Waals surface area (Å²) in [7, 11) is 1.43. The predicted molar refractivity (Wildman–Crippen MR) is 125 cm³/mol. The van der Waals surface area contributed by atoms with E-state index in [0.29, 0.717) is 13.0 Å². The van der Waals surface area contributed by atoms with Crippen LogP contribution in [0.2, 0.25) is 0 Å². The molecule has 1 aliphatic carbocycles. The summed E-state index contributed by atoms with van der Waals surface area (Å²) in [4.78, 5) is 38.6. The largest absolute Gasteiger partial charge is 0.479 e. The van der Waals surface area contributed by atoms with Gasteiger partial charge in [0.05, 0.1) is 6.61 Å². The van der Waals surface area contributed by atoms with Crippen LogP contribution in [0.5, 0.6) is 0 Å². The topological polar surface area (TPSA) is 105 Å². The molecule has 0 bridgehead atoms. The lowest BCUT2D eigenvalue weighted by atomic mass is 9.87. The van der Waals surface area contributed by atoms with E-state index < -0.39 is 17.6 Å². The highest BCUT2D eigenvalue weighted by molar-refractivity contribution is 5.88. The van der Waals surface area contributed by atoms with Gasteiger partial charge in [0.15, 0.2) is 5.54 Å². The number of aliphatic carboxylic acids is 1. The minimum absolute atomic E-state index is 0.0110. The summed E-state index contributed by atoms with van der Waals surface area (Å²) in [6.07, 6.45) is 1.20. The zero-order valence-corrected chi connectivity index (χ0v) is 19.3. The maximum Gasteiger partial charge on any atom is 0.407 e. The molecular weight excluding hydrogens is 436 g/mol. The number of fused-ring (bicyclic) bond motifs is 3. The van der Waals surface area contributed by atoms with Crippen LogP contribution < -0.4 is 5.32 Å². The fourth-order valence-electron chi connectivity index (χ4n) is 5.13. The van der Waals surface area contributed by atoms with Gasteiger partial charge in [-0.05, 0) is 41.5 Å². The van der Waals surface area contributed by atoms with E-state index in [4.69, 9.17) is 9.47 Å². The van der Waals surface area contributed by atoms with Crippen LogP contribution in [0.15, 0.2) is 48.5 Å². The van der Waals surface area contributed by atoms with E-state index in [1.165, 1.54) is 12.0 Å². The molecule has 34 heavy (non-hydrogen) atoms. The van der Waals surface area contributed by atoms with Crippen LogP contribution >= 0.6 is 0 Å². The number of amides is 2. The quantitative estimate of drug-likeness (QED) is 0.618. The molecule has 8 heteroatoms. The van der Waals surface area contributed by atoms with Crippen LogP contribution in [0.1, 0.15) is 42.7 Å². The first-order chi connectivity index (χ1) is 16.5. The Bertz CT molecular complexity index is 1020. The van der Waals surface area contributed by atoms with Gasteiger partial charge in [0.1, 0.15) is 6.61 Å². The van der Waals surface area contributed by atoms with Crippen LogP contribution in [0.4, 0.5) is 4.79 Å². The molecule has 2 aromatic carbocycles. The van der Waals surface area contributed by atoms with Crippen LogP contribution in [-0.2, 0) is 19.1 Å². The second-order valence-corrected chi connectivity index (χ2v) is 8.77. The first-order valence-corrected chi connectivity index (χ1v) is 11.6. The monoisotopic (exact) mass is 466 g/mol. The number of hydrogen-bond acceptors (Lipinski definition) is 5. The van der Waals surface area contributed by atoms with Gasteiger partial charge in [0.25, 0.3) is 0 Å². The Kier molecular flexibility index (Phi) is 7.17. The number of carbonyl (C=O) groups is 3. The highest BCUT2D eigenvalue weighted by atomic mass is 16.5. The van der Waals surface area contributed by atoms with Crippen LogP contribution in [0, 0.1) is 0 Å². The molecule has 1 saturated heterocycles. The van der Waals surface area contributed by atoms with E-state index in [-0.39, 0.29) is 38.0 Å². The number of hydrogen-bond donors (Lipinski definition) is 2. The molecule has 2 aromatic rings. The fraction of sp³-hybridized carbons (Fsp3) is 0.423. The Balaban J connectivity index is 1.31. The number of carbonyl (C=O) groups excluding carboxylic acids is 2. The molecular formula is C26H30N2O6. The zero-order valence-electron chi connectivity index (χ0n) is 19.3. The standard InChI is InChI=1S/C26H30N2O6/c1-33-17-26(24(30)31)13-6-7-15-28(26)23(29)12-14-27-25(32)34-16-22-20-10-4-2-8-18(20)19-9-3-5-11-21(19)22/h2-5,8-11,22H,6-7,12-17H2,1H3,(H,27,32)(H,30,31). The third-order valence-electron chi connectivity index (χ3n) is 6.77. The molecule has 0 saturated carbocycles. The number of alkyl carbamates (subject to hydrolysis) is 1. The Labute approximate surface area is 198 Å². The summed E-state index contributed by atoms with van der Waals surface area (Å²) in [5.41, 5.74) is 3.20. The molecule has 2 N–H and O–H groups in total. The summed E-state index contributed by atoms with van der Waals surface area (Å²) in [5.74, 6) is -1.43. The van der Waals surface area contributed by atoms with Crippen molar-refractivity contribution in [3.8, 4) is 11.1 Å². The van der Waals surface area contributed by atoms with Crippen molar-refractivity contribution in [1.29, 1.82) is 0 Å². The molecule has 2 amide bonds. The zero-order chi connectivity index (χ0) is 24.1. The van der Waals surface area contributed by atoms with Gasteiger partial charge in [-0.25, -0.2) is 9.59 Å². The Morgan fingerprint density at radius 2 is 1.71 bits per heavy atom. The van der Waals surface area contributed by atoms with Crippen molar-refractivity contribution in [3.63, 3.8) is 0 Å². The second-order valence-electron chi connectivity index (χ2n) is 8.77. The third-order valence-corrected chi connectivity index (χ3v) is 6.77. The summed E-state index contributed by atoms with van der Waals surface area (Å²) in [5, 5.41) is 12.4. The van der Waals surface area contributed by atoms with Crippen molar-refractivity contribution in [3.05, 3.63) is 59.7 Å². The van der Waals surface area contributed by atoms with Gasteiger partial charge in [0.2, 0.25) is 5.91 Å². The summed E-state index contributed by atoms with van der Waals surface area (Å²) in [6, 6.07) is 16.2. The Morgan fingerprint density at radius 3 is 2.32 bits per heavy atom. The smallest absolute Gasteiger partial charge is 0.407 e. The van der Waals surface area contributed by atoms with Crippen molar-refractivity contribution in [2.24, 2.45) is 0 Å². The molecule has 0 spiro atoms. The van der Waals surface area contributed by atoms with E-state index in [2.05, 4.69) is 17.4 Å². The van der Waals surface area contributed by atoms with Gasteiger partial charge >= 0.3 is 12.1 Å². The number of benzene rings is 2. The van der Waals surface area contributed by atoms with Gasteiger partial charge in [-0.3, -0.25) is 4.79 Å². The lowest BCUT2D eigenvalue weighted by molar-refractivity contribution is -0.167. The van der Waals surface area contributed by atoms with Crippen molar-refractivity contribution in [2.75, 3.05) is 33.4 Å². The predicted octanol–water partition coefficient (Wildman–Crippen LogP) is 3.40. The van der Waals surface area contributed by atoms with Crippen molar-refractivity contribution >= 4 is 18.0 Å². The Hall–Kier alpha value is -3.39. The van der Waals surface area contributed by atoms with Gasteiger partial charge in [-0.15, -0.1) is 0 Å². The van der Waals surface area contributed by atoms with Crippen LogP contribution in [-0.4, -0.2) is 66.9 Å². The summed E-state index contributed by atoms with van der Waals surface area (Å²) < 4.78 is 10.6. The average molecular weight is 467 g/mol. The molecule has 0 aromatic heterocycles. The lowest BCUT2D eigenvalue weighted by Gasteiger charge is -2.43. The van der Waals surface area contributed by atoms with Crippen molar-refractivity contribution in [1.82, 2.24) is 10.2 Å². The number of ether oxygens (including phenoxy) is 2. The minimum atomic E-state index is -1.35. The summed E-state index contributed by atoms with van der Waals surface area (Å²) >= 11 is 0. The van der Waals surface area contributed by atoms with Crippen molar-refractivity contribution in [2.45, 2.75) is 37.1 Å². The second kappa shape index (κ2) is 10.3. The van der Waals surface area contributed by atoms with E-state index in [1.54, 1.807) is 0 Å². The van der Waals surface area contributed by atoms with Crippen LogP contribution in [0.25, 0.3) is 11.1 Å². The molecule has 1 heterocycles. The lowest BCUT2D eigenvalue weighted by Crippen LogP contribution is -2.62. The number of carboxylic acids is 1. The molecule has 0 radical (unpaired) electrons. The van der Waals surface area contributed by atoms with E-state index >= 15 is 0 Å². The number of piperidine rings is 1.